The molecule has 0 spiro atoms. The van der Waals surface area contributed by atoms with Crippen LogP contribution in [-0.4, -0.2) is 37.7 Å². The van der Waals surface area contributed by atoms with Gasteiger partial charge in [0.05, 0.1) is 17.4 Å². The lowest BCUT2D eigenvalue weighted by atomic mass is 10.1. The highest BCUT2D eigenvalue weighted by Gasteiger charge is 2.25. The number of piperidine rings is 1. The van der Waals surface area contributed by atoms with Gasteiger partial charge in [0.1, 0.15) is 0 Å². The Morgan fingerprint density at radius 3 is 2.63 bits per heavy atom. The highest BCUT2D eigenvalue weighted by Crippen LogP contribution is 2.24. The molecule has 7 nitrogen and oxygen atoms in total. The monoisotopic (exact) mass is 384 g/mol. The Balaban J connectivity index is 1.43. The summed E-state index contributed by atoms with van der Waals surface area (Å²) in [5, 5.41) is 8.01. The van der Waals surface area contributed by atoms with Gasteiger partial charge in [0, 0.05) is 30.9 Å². The molecule has 4 rings (SSSR count). The zero-order valence-electron chi connectivity index (χ0n) is 14.7. The SMILES string of the molecule is O=S(=O)(NC1CCN(c2cccnn2)CC1)c1cccc(-c2ccoc2)c1. The summed E-state index contributed by atoms with van der Waals surface area (Å²) < 4.78 is 33.5. The first-order valence-electron chi connectivity index (χ1n) is 8.79. The molecule has 2 aromatic heterocycles. The van der Waals surface area contributed by atoms with Crippen LogP contribution in [0, 0.1) is 0 Å². The van der Waals surface area contributed by atoms with E-state index in [0.29, 0.717) is 0 Å². The van der Waals surface area contributed by atoms with E-state index in [2.05, 4.69) is 19.8 Å². The number of sulfonamides is 1. The number of aromatic nitrogens is 2. The van der Waals surface area contributed by atoms with Gasteiger partial charge in [-0.25, -0.2) is 13.1 Å². The second-order valence-corrected chi connectivity index (χ2v) is 8.22. The Kier molecular flexibility index (Phi) is 4.91. The van der Waals surface area contributed by atoms with E-state index in [9.17, 15) is 8.42 Å². The molecule has 140 valence electrons. The van der Waals surface area contributed by atoms with Gasteiger partial charge in [-0.05, 0) is 48.7 Å². The molecular formula is C19H20N4O3S. The molecule has 1 aliphatic rings. The molecule has 0 atom stereocenters. The largest absolute Gasteiger partial charge is 0.472 e. The number of nitrogens with zero attached hydrogens (tertiary/aromatic N) is 3. The number of rotatable bonds is 5. The number of furan rings is 1. The van der Waals surface area contributed by atoms with Gasteiger partial charge < -0.3 is 9.32 Å². The van der Waals surface area contributed by atoms with Crippen LogP contribution in [0.4, 0.5) is 5.82 Å². The average Bonchev–Trinajstić information content (AvgIpc) is 3.24. The molecule has 3 heterocycles. The Morgan fingerprint density at radius 2 is 1.93 bits per heavy atom. The summed E-state index contributed by atoms with van der Waals surface area (Å²) in [7, 11) is -3.58. The summed E-state index contributed by atoms with van der Waals surface area (Å²) >= 11 is 0. The normalized spacial score (nSPS) is 15.8. The molecule has 0 amide bonds. The summed E-state index contributed by atoms with van der Waals surface area (Å²) in [5.41, 5.74) is 1.66. The van der Waals surface area contributed by atoms with E-state index in [4.69, 9.17) is 4.42 Å². The Bertz CT molecular complexity index is 983. The lowest BCUT2D eigenvalue weighted by molar-refractivity contribution is 0.457. The molecule has 0 saturated carbocycles. The fourth-order valence-electron chi connectivity index (χ4n) is 3.25. The first-order valence-corrected chi connectivity index (χ1v) is 10.3. The summed E-state index contributed by atoms with van der Waals surface area (Å²) in [6.45, 7) is 1.47. The summed E-state index contributed by atoms with van der Waals surface area (Å²) in [5.74, 6) is 0.826. The second-order valence-electron chi connectivity index (χ2n) is 6.50. The summed E-state index contributed by atoms with van der Waals surface area (Å²) in [6, 6.07) is 12.4. The molecular weight excluding hydrogens is 364 g/mol. The van der Waals surface area contributed by atoms with Gasteiger partial charge >= 0.3 is 0 Å². The van der Waals surface area contributed by atoms with Gasteiger partial charge in [-0.2, -0.15) is 5.10 Å². The fourth-order valence-corrected chi connectivity index (χ4v) is 4.60. The summed E-state index contributed by atoms with van der Waals surface area (Å²) in [4.78, 5) is 2.38. The lowest BCUT2D eigenvalue weighted by Crippen LogP contribution is -2.44. The highest BCUT2D eigenvalue weighted by atomic mass is 32.2. The maximum atomic E-state index is 12.8. The zero-order chi connectivity index (χ0) is 18.7. The van der Waals surface area contributed by atoms with Gasteiger partial charge in [0.25, 0.3) is 0 Å². The van der Waals surface area contributed by atoms with Gasteiger partial charge in [0.15, 0.2) is 5.82 Å². The van der Waals surface area contributed by atoms with Crippen molar-refractivity contribution in [1.82, 2.24) is 14.9 Å². The molecule has 0 radical (unpaired) electrons. The van der Waals surface area contributed by atoms with E-state index in [1.807, 2.05) is 18.2 Å². The van der Waals surface area contributed by atoms with Crippen molar-refractivity contribution in [2.75, 3.05) is 18.0 Å². The van der Waals surface area contributed by atoms with Crippen molar-refractivity contribution in [3.8, 4) is 11.1 Å². The van der Waals surface area contributed by atoms with E-state index >= 15 is 0 Å². The Morgan fingerprint density at radius 1 is 1.07 bits per heavy atom. The fraction of sp³-hybridized carbons (Fsp3) is 0.263. The van der Waals surface area contributed by atoms with Crippen molar-refractivity contribution in [3.63, 3.8) is 0 Å². The molecule has 8 heteroatoms. The van der Waals surface area contributed by atoms with Crippen molar-refractivity contribution >= 4 is 15.8 Å². The molecule has 1 aliphatic heterocycles. The van der Waals surface area contributed by atoms with Gasteiger partial charge in [0.2, 0.25) is 10.0 Å². The maximum absolute atomic E-state index is 12.8. The highest BCUT2D eigenvalue weighted by molar-refractivity contribution is 7.89. The Hall–Kier alpha value is -2.71. The molecule has 27 heavy (non-hydrogen) atoms. The van der Waals surface area contributed by atoms with Gasteiger partial charge in [-0.15, -0.1) is 5.10 Å². The van der Waals surface area contributed by atoms with Crippen LogP contribution in [0.25, 0.3) is 11.1 Å². The third-order valence-electron chi connectivity index (χ3n) is 4.70. The van der Waals surface area contributed by atoms with Crippen LogP contribution in [0.5, 0.6) is 0 Å². The predicted molar refractivity (Wildman–Crippen MR) is 102 cm³/mol. The van der Waals surface area contributed by atoms with Crippen LogP contribution in [0.15, 0.2) is 70.5 Å². The third kappa shape index (κ3) is 4.01. The molecule has 1 fully saturated rings. The van der Waals surface area contributed by atoms with Crippen LogP contribution in [0.3, 0.4) is 0 Å². The average molecular weight is 384 g/mol. The molecule has 1 saturated heterocycles. The molecule has 0 bridgehead atoms. The van der Waals surface area contributed by atoms with E-state index < -0.39 is 10.0 Å². The first kappa shape index (κ1) is 17.7. The third-order valence-corrected chi connectivity index (χ3v) is 6.22. The minimum Gasteiger partial charge on any atom is -0.472 e. The molecule has 3 aromatic rings. The number of hydrogen-bond acceptors (Lipinski definition) is 6. The van der Waals surface area contributed by atoms with E-state index in [-0.39, 0.29) is 10.9 Å². The van der Waals surface area contributed by atoms with Crippen molar-refractivity contribution in [1.29, 1.82) is 0 Å². The van der Waals surface area contributed by atoms with Crippen LogP contribution in [0.1, 0.15) is 12.8 Å². The van der Waals surface area contributed by atoms with Gasteiger partial charge in [-0.3, -0.25) is 0 Å². The number of anilines is 1. The van der Waals surface area contributed by atoms with E-state index in [1.165, 1.54) is 0 Å². The van der Waals surface area contributed by atoms with Crippen LogP contribution in [0.2, 0.25) is 0 Å². The smallest absolute Gasteiger partial charge is 0.240 e. The molecule has 0 aliphatic carbocycles. The quantitative estimate of drug-likeness (QED) is 0.728. The second kappa shape index (κ2) is 7.50. The number of benzene rings is 1. The van der Waals surface area contributed by atoms with E-state index in [1.54, 1.807) is 43.0 Å². The maximum Gasteiger partial charge on any atom is 0.240 e. The predicted octanol–water partition coefficient (Wildman–Crippen LogP) is 2.68. The minimum absolute atomic E-state index is 0.0968. The molecule has 0 unspecified atom stereocenters. The first-order chi connectivity index (χ1) is 13.1. The molecule has 1 N–H and O–H groups in total. The summed E-state index contributed by atoms with van der Waals surface area (Å²) in [6.07, 6.45) is 6.25. The van der Waals surface area contributed by atoms with Crippen LogP contribution in [-0.2, 0) is 10.0 Å². The molecule has 1 aromatic carbocycles. The van der Waals surface area contributed by atoms with E-state index in [0.717, 1.165) is 42.9 Å². The van der Waals surface area contributed by atoms with Crippen LogP contribution < -0.4 is 9.62 Å². The van der Waals surface area contributed by atoms with Crippen molar-refractivity contribution in [2.45, 2.75) is 23.8 Å². The van der Waals surface area contributed by atoms with Crippen molar-refractivity contribution in [2.24, 2.45) is 0 Å². The lowest BCUT2D eigenvalue weighted by Gasteiger charge is -2.32. The number of hydrogen-bond donors (Lipinski definition) is 1. The van der Waals surface area contributed by atoms with Crippen molar-refractivity contribution in [3.05, 3.63) is 61.2 Å². The Labute approximate surface area is 158 Å². The number of nitrogens with one attached hydrogen (secondary N) is 1. The zero-order valence-corrected chi connectivity index (χ0v) is 15.5. The van der Waals surface area contributed by atoms with Crippen molar-refractivity contribution < 1.29 is 12.8 Å². The van der Waals surface area contributed by atoms with Crippen LogP contribution >= 0.6 is 0 Å². The standard InChI is InChI=1S/C19H20N4O3S/c24-27(25,18-4-1-3-15(13-18)16-8-12-26-14-16)22-17-6-10-23(11-7-17)19-5-2-9-20-21-19/h1-5,8-9,12-14,17,22H,6-7,10-11H2. The topological polar surface area (TPSA) is 88.3 Å². The van der Waals surface area contributed by atoms with Gasteiger partial charge in [-0.1, -0.05) is 12.1 Å². The minimum atomic E-state index is -3.58.